The Morgan fingerprint density at radius 2 is 1.58 bits per heavy atom. The maximum Gasteiger partial charge on any atom is 0.270 e. The van der Waals surface area contributed by atoms with E-state index in [2.05, 4.69) is 4.90 Å². The molecule has 2 aromatic rings. The molecule has 1 amide bonds. The molecule has 4 rings (SSSR count). The standard InChI is InChI=1S/C22H30N4O4S/c1-17-21(31(28,29)26-10-4-5-11-26)16-20(23(17)2)22(27)25-14-12-24(13-15-25)18-6-8-19(30-3)9-7-18/h6-9,16H,4-5,10-15H2,1-3H3. The first-order chi connectivity index (χ1) is 14.8. The molecule has 0 radical (unpaired) electrons. The minimum atomic E-state index is -3.56. The van der Waals surface area contributed by atoms with Gasteiger partial charge in [0.2, 0.25) is 10.0 Å². The summed E-state index contributed by atoms with van der Waals surface area (Å²) in [5.41, 5.74) is 2.13. The number of carbonyl (C=O) groups is 1. The molecule has 0 bridgehead atoms. The molecule has 3 heterocycles. The quantitative estimate of drug-likeness (QED) is 0.703. The lowest BCUT2D eigenvalue weighted by atomic mass is 10.2. The van der Waals surface area contributed by atoms with Gasteiger partial charge in [0.05, 0.1) is 7.11 Å². The highest BCUT2D eigenvalue weighted by atomic mass is 32.2. The van der Waals surface area contributed by atoms with Gasteiger partial charge in [0.1, 0.15) is 16.3 Å². The molecule has 2 fully saturated rings. The number of nitrogens with zero attached hydrogens (tertiary/aromatic N) is 4. The number of sulfonamides is 1. The summed E-state index contributed by atoms with van der Waals surface area (Å²) in [4.78, 5) is 17.5. The number of hydrogen-bond donors (Lipinski definition) is 0. The molecular formula is C22H30N4O4S. The first kappa shape index (κ1) is 21.7. The number of carbonyl (C=O) groups excluding carboxylic acids is 1. The van der Waals surface area contributed by atoms with E-state index in [-0.39, 0.29) is 10.8 Å². The van der Waals surface area contributed by atoms with Crippen molar-refractivity contribution in [1.82, 2.24) is 13.8 Å². The Morgan fingerprint density at radius 1 is 0.968 bits per heavy atom. The molecule has 0 aliphatic carbocycles. The minimum Gasteiger partial charge on any atom is -0.497 e. The molecular weight excluding hydrogens is 416 g/mol. The van der Waals surface area contributed by atoms with Crippen molar-refractivity contribution in [2.45, 2.75) is 24.7 Å². The summed E-state index contributed by atoms with van der Waals surface area (Å²) in [6.45, 7) is 5.48. The summed E-state index contributed by atoms with van der Waals surface area (Å²) < 4.78 is 34.5. The van der Waals surface area contributed by atoms with Crippen molar-refractivity contribution in [1.29, 1.82) is 0 Å². The highest BCUT2D eigenvalue weighted by Gasteiger charge is 2.33. The predicted molar refractivity (Wildman–Crippen MR) is 119 cm³/mol. The lowest BCUT2D eigenvalue weighted by Crippen LogP contribution is -2.49. The first-order valence-corrected chi connectivity index (χ1v) is 12.1. The minimum absolute atomic E-state index is 0.122. The number of piperazine rings is 1. The summed E-state index contributed by atoms with van der Waals surface area (Å²) in [6, 6.07) is 9.46. The van der Waals surface area contributed by atoms with Crippen LogP contribution in [0, 0.1) is 6.92 Å². The van der Waals surface area contributed by atoms with Crippen molar-refractivity contribution < 1.29 is 17.9 Å². The van der Waals surface area contributed by atoms with Crippen LogP contribution in [0.2, 0.25) is 0 Å². The van der Waals surface area contributed by atoms with Gasteiger partial charge in [0.25, 0.3) is 5.91 Å². The molecule has 2 saturated heterocycles. The normalized spacial score (nSPS) is 17.9. The SMILES string of the molecule is COc1ccc(N2CCN(C(=O)c3cc(S(=O)(=O)N4CCCC4)c(C)n3C)CC2)cc1. The van der Waals surface area contributed by atoms with Gasteiger partial charge in [-0.3, -0.25) is 4.79 Å². The topological polar surface area (TPSA) is 75.1 Å². The molecule has 2 aliphatic heterocycles. The van der Waals surface area contributed by atoms with Crippen LogP contribution in [0.5, 0.6) is 5.75 Å². The second-order valence-electron chi connectivity index (χ2n) is 8.13. The van der Waals surface area contributed by atoms with Gasteiger partial charge in [0, 0.05) is 57.7 Å². The first-order valence-electron chi connectivity index (χ1n) is 10.7. The molecule has 8 nitrogen and oxygen atoms in total. The number of aromatic nitrogens is 1. The molecule has 1 aromatic heterocycles. The van der Waals surface area contributed by atoms with Crippen LogP contribution in [-0.4, -0.2) is 74.5 Å². The van der Waals surface area contributed by atoms with E-state index in [1.807, 2.05) is 24.3 Å². The molecule has 0 unspecified atom stereocenters. The van der Waals surface area contributed by atoms with Crippen molar-refractivity contribution in [3.8, 4) is 5.75 Å². The van der Waals surface area contributed by atoms with Gasteiger partial charge in [0.15, 0.2) is 0 Å². The van der Waals surface area contributed by atoms with Crippen LogP contribution in [0.1, 0.15) is 29.0 Å². The van der Waals surface area contributed by atoms with E-state index in [0.717, 1.165) is 37.4 Å². The van der Waals surface area contributed by atoms with Gasteiger partial charge >= 0.3 is 0 Å². The van der Waals surface area contributed by atoms with E-state index >= 15 is 0 Å². The number of benzene rings is 1. The lowest BCUT2D eigenvalue weighted by Gasteiger charge is -2.36. The zero-order valence-electron chi connectivity index (χ0n) is 18.4. The van der Waals surface area contributed by atoms with E-state index in [0.29, 0.717) is 37.6 Å². The summed E-state index contributed by atoms with van der Waals surface area (Å²) in [5, 5.41) is 0. The third-order valence-electron chi connectivity index (χ3n) is 6.40. The highest BCUT2D eigenvalue weighted by Crippen LogP contribution is 2.27. The van der Waals surface area contributed by atoms with Gasteiger partial charge in [-0.1, -0.05) is 0 Å². The smallest absolute Gasteiger partial charge is 0.270 e. The monoisotopic (exact) mass is 446 g/mol. The van der Waals surface area contributed by atoms with E-state index in [9.17, 15) is 13.2 Å². The largest absolute Gasteiger partial charge is 0.497 e. The van der Waals surface area contributed by atoms with Crippen molar-refractivity contribution in [3.63, 3.8) is 0 Å². The average Bonchev–Trinajstić information content (AvgIpc) is 3.44. The Balaban J connectivity index is 1.48. The Kier molecular flexibility index (Phi) is 5.98. The Bertz CT molecular complexity index is 1050. The molecule has 0 N–H and O–H groups in total. The van der Waals surface area contributed by atoms with Crippen LogP contribution >= 0.6 is 0 Å². The van der Waals surface area contributed by atoms with E-state index in [4.69, 9.17) is 4.74 Å². The van der Waals surface area contributed by atoms with Gasteiger partial charge in [-0.25, -0.2) is 8.42 Å². The number of amides is 1. The molecule has 0 saturated carbocycles. The third kappa shape index (κ3) is 4.04. The molecule has 2 aliphatic rings. The van der Waals surface area contributed by atoms with Gasteiger partial charge in [-0.05, 0) is 50.1 Å². The van der Waals surface area contributed by atoms with Gasteiger partial charge < -0.3 is 19.1 Å². The van der Waals surface area contributed by atoms with Crippen LogP contribution in [0.3, 0.4) is 0 Å². The van der Waals surface area contributed by atoms with Crippen LogP contribution in [0.4, 0.5) is 5.69 Å². The predicted octanol–water partition coefficient (Wildman–Crippen LogP) is 2.09. The molecule has 0 spiro atoms. The fourth-order valence-electron chi connectivity index (χ4n) is 4.33. The summed E-state index contributed by atoms with van der Waals surface area (Å²) >= 11 is 0. The Hall–Kier alpha value is -2.52. The number of hydrogen-bond acceptors (Lipinski definition) is 5. The summed E-state index contributed by atoms with van der Waals surface area (Å²) in [6.07, 6.45) is 1.77. The molecule has 31 heavy (non-hydrogen) atoms. The zero-order valence-corrected chi connectivity index (χ0v) is 19.2. The highest BCUT2D eigenvalue weighted by molar-refractivity contribution is 7.89. The molecule has 9 heteroatoms. The van der Waals surface area contributed by atoms with E-state index in [1.54, 1.807) is 36.6 Å². The lowest BCUT2D eigenvalue weighted by molar-refractivity contribution is 0.0737. The average molecular weight is 447 g/mol. The Morgan fingerprint density at radius 3 is 2.16 bits per heavy atom. The van der Waals surface area contributed by atoms with E-state index in [1.165, 1.54) is 4.31 Å². The van der Waals surface area contributed by atoms with Crippen molar-refractivity contribution in [3.05, 3.63) is 41.7 Å². The van der Waals surface area contributed by atoms with Crippen molar-refractivity contribution in [2.24, 2.45) is 7.05 Å². The fraction of sp³-hybridized carbons (Fsp3) is 0.500. The number of ether oxygens (including phenoxy) is 1. The number of methoxy groups -OCH3 is 1. The number of anilines is 1. The van der Waals surface area contributed by atoms with Crippen LogP contribution in [-0.2, 0) is 17.1 Å². The summed E-state index contributed by atoms with van der Waals surface area (Å²) in [5.74, 6) is 0.694. The fourth-order valence-corrected chi connectivity index (χ4v) is 6.12. The van der Waals surface area contributed by atoms with Crippen molar-refractivity contribution >= 4 is 21.6 Å². The van der Waals surface area contributed by atoms with Crippen molar-refractivity contribution in [2.75, 3.05) is 51.3 Å². The van der Waals surface area contributed by atoms with Crippen LogP contribution in [0.15, 0.2) is 35.2 Å². The molecule has 1 aromatic carbocycles. The second-order valence-corrected chi connectivity index (χ2v) is 10.0. The van der Waals surface area contributed by atoms with Gasteiger partial charge in [-0.15, -0.1) is 0 Å². The molecule has 0 atom stereocenters. The third-order valence-corrected chi connectivity index (χ3v) is 8.41. The maximum absolute atomic E-state index is 13.2. The van der Waals surface area contributed by atoms with E-state index < -0.39 is 10.0 Å². The van der Waals surface area contributed by atoms with Crippen LogP contribution in [0.25, 0.3) is 0 Å². The zero-order chi connectivity index (χ0) is 22.2. The second kappa shape index (κ2) is 8.55. The summed E-state index contributed by atoms with van der Waals surface area (Å²) in [7, 11) is -0.154. The number of rotatable bonds is 5. The van der Waals surface area contributed by atoms with Gasteiger partial charge in [-0.2, -0.15) is 4.31 Å². The maximum atomic E-state index is 13.2. The Labute approximate surface area is 184 Å². The molecule has 168 valence electrons. The van der Waals surface area contributed by atoms with Crippen LogP contribution < -0.4 is 9.64 Å².